The van der Waals surface area contributed by atoms with E-state index in [1.807, 2.05) is 18.2 Å². The number of hydrogen-bond donors (Lipinski definition) is 0. The van der Waals surface area contributed by atoms with Gasteiger partial charge in [0.25, 0.3) is 5.56 Å². The second kappa shape index (κ2) is 7.36. The fourth-order valence-electron chi connectivity index (χ4n) is 2.66. The van der Waals surface area contributed by atoms with E-state index in [2.05, 4.69) is 9.97 Å². The third kappa shape index (κ3) is 3.37. The average molecular weight is 385 g/mol. The molecule has 0 fully saturated rings. The van der Waals surface area contributed by atoms with Gasteiger partial charge in [0.05, 0.1) is 11.2 Å². The average Bonchev–Trinajstić information content (AvgIpc) is 2.68. The fourth-order valence-corrected chi connectivity index (χ4v) is 3.63. The zero-order valence-electron chi connectivity index (χ0n) is 15.0. The van der Waals surface area contributed by atoms with E-state index in [4.69, 9.17) is 0 Å². The molecule has 27 heavy (non-hydrogen) atoms. The van der Waals surface area contributed by atoms with Crippen LogP contribution in [0.4, 0.5) is 0 Å². The van der Waals surface area contributed by atoms with E-state index in [1.165, 1.54) is 18.7 Å². The Morgan fingerprint density at radius 3 is 2.41 bits per heavy atom. The van der Waals surface area contributed by atoms with Gasteiger partial charge in [-0.1, -0.05) is 49.0 Å². The molecule has 0 bridgehead atoms. The minimum absolute atomic E-state index is 0.115. The molecular formula is C18H17N4O4S-. The Bertz CT molecular complexity index is 1140. The van der Waals surface area contributed by atoms with Gasteiger partial charge < -0.3 is 9.90 Å². The van der Waals surface area contributed by atoms with Crippen LogP contribution in [-0.2, 0) is 18.9 Å². The van der Waals surface area contributed by atoms with Crippen molar-refractivity contribution in [1.82, 2.24) is 19.1 Å². The number of aliphatic carboxylic acids is 1. The summed E-state index contributed by atoms with van der Waals surface area (Å²) in [6, 6.07) is 9.06. The Hall–Kier alpha value is -2.94. The van der Waals surface area contributed by atoms with E-state index < -0.39 is 22.5 Å². The third-order valence-corrected chi connectivity index (χ3v) is 5.52. The molecular weight excluding hydrogens is 368 g/mol. The SMILES string of the molecule is CC[C@@H](Sc1nc(-c2ccccc2)nc2c1c(=O)n(C)c(=O)n2C)C(=O)[O-]. The van der Waals surface area contributed by atoms with Crippen LogP contribution in [0, 0.1) is 0 Å². The summed E-state index contributed by atoms with van der Waals surface area (Å²) >= 11 is 0.931. The molecule has 0 aliphatic carbocycles. The van der Waals surface area contributed by atoms with Crippen LogP contribution in [0.5, 0.6) is 0 Å². The predicted octanol–water partition coefficient (Wildman–Crippen LogP) is 0.315. The van der Waals surface area contributed by atoms with Gasteiger partial charge in [-0.3, -0.25) is 13.9 Å². The van der Waals surface area contributed by atoms with Crippen LogP contribution >= 0.6 is 11.8 Å². The quantitative estimate of drug-likeness (QED) is 0.459. The van der Waals surface area contributed by atoms with Crippen molar-refractivity contribution in [2.45, 2.75) is 23.6 Å². The van der Waals surface area contributed by atoms with Gasteiger partial charge in [-0.05, 0) is 6.42 Å². The zero-order chi connectivity index (χ0) is 19.7. The summed E-state index contributed by atoms with van der Waals surface area (Å²) in [5, 5.41) is 10.8. The minimum Gasteiger partial charge on any atom is -0.549 e. The molecule has 140 valence electrons. The summed E-state index contributed by atoms with van der Waals surface area (Å²) in [5.74, 6) is -0.931. The number of carboxylic acid groups (broad SMARTS) is 1. The summed E-state index contributed by atoms with van der Waals surface area (Å²) in [6.45, 7) is 1.71. The van der Waals surface area contributed by atoms with E-state index in [0.717, 1.165) is 16.3 Å². The number of rotatable bonds is 5. The number of carboxylic acids is 1. The predicted molar refractivity (Wildman–Crippen MR) is 100 cm³/mol. The highest BCUT2D eigenvalue weighted by Gasteiger charge is 2.21. The summed E-state index contributed by atoms with van der Waals surface area (Å²) in [5.41, 5.74) is -0.236. The molecule has 1 aromatic carbocycles. The van der Waals surface area contributed by atoms with Crippen molar-refractivity contribution < 1.29 is 9.90 Å². The maximum Gasteiger partial charge on any atom is 0.332 e. The number of aryl methyl sites for hydroxylation is 1. The molecule has 0 saturated carbocycles. The van der Waals surface area contributed by atoms with Crippen LogP contribution in [0.2, 0.25) is 0 Å². The lowest BCUT2D eigenvalue weighted by Crippen LogP contribution is -2.38. The molecule has 0 N–H and O–H groups in total. The second-order valence-corrected chi connectivity index (χ2v) is 7.15. The highest BCUT2D eigenvalue weighted by atomic mass is 32.2. The van der Waals surface area contributed by atoms with Crippen molar-refractivity contribution in [2.24, 2.45) is 14.1 Å². The van der Waals surface area contributed by atoms with E-state index in [9.17, 15) is 19.5 Å². The molecule has 0 aliphatic heterocycles. The Morgan fingerprint density at radius 2 is 1.81 bits per heavy atom. The number of aromatic nitrogens is 4. The molecule has 3 aromatic rings. The standard InChI is InChI=1S/C18H18N4O4S/c1-4-11(17(24)25)27-15-12-14(21(2)18(26)22(3)16(12)23)19-13(20-15)10-8-6-5-7-9-10/h5-9,11H,4H2,1-3H3,(H,24,25)/p-1/t11-/m1/s1. The van der Waals surface area contributed by atoms with Gasteiger partial charge in [0.15, 0.2) is 11.5 Å². The zero-order valence-corrected chi connectivity index (χ0v) is 15.8. The van der Waals surface area contributed by atoms with Crippen molar-refractivity contribution in [2.75, 3.05) is 0 Å². The second-order valence-electron chi connectivity index (χ2n) is 5.96. The van der Waals surface area contributed by atoms with Crippen molar-refractivity contribution >= 4 is 28.8 Å². The lowest BCUT2D eigenvalue weighted by atomic mass is 10.2. The Morgan fingerprint density at radius 1 is 1.15 bits per heavy atom. The summed E-state index contributed by atoms with van der Waals surface area (Å²) < 4.78 is 2.22. The molecule has 0 saturated heterocycles. The van der Waals surface area contributed by atoms with Gasteiger partial charge in [0.2, 0.25) is 0 Å². The first-order valence-electron chi connectivity index (χ1n) is 8.25. The van der Waals surface area contributed by atoms with Crippen molar-refractivity contribution in [3.8, 4) is 11.4 Å². The number of fused-ring (bicyclic) bond motifs is 1. The normalized spacial score (nSPS) is 12.3. The number of nitrogens with zero attached hydrogens (tertiary/aromatic N) is 4. The van der Waals surface area contributed by atoms with Crippen LogP contribution in [0.15, 0.2) is 44.9 Å². The first-order chi connectivity index (χ1) is 12.8. The lowest BCUT2D eigenvalue weighted by Gasteiger charge is -2.17. The molecule has 0 radical (unpaired) electrons. The monoisotopic (exact) mass is 385 g/mol. The van der Waals surface area contributed by atoms with E-state index in [0.29, 0.717) is 17.8 Å². The third-order valence-electron chi connectivity index (χ3n) is 4.19. The molecule has 9 heteroatoms. The van der Waals surface area contributed by atoms with Crippen molar-refractivity contribution in [1.29, 1.82) is 0 Å². The van der Waals surface area contributed by atoms with Crippen LogP contribution in [0.1, 0.15) is 13.3 Å². The number of carbonyl (C=O) groups is 1. The Kier molecular flexibility index (Phi) is 5.13. The maximum absolute atomic E-state index is 12.7. The number of benzene rings is 1. The van der Waals surface area contributed by atoms with E-state index >= 15 is 0 Å². The minimum atomic E-state index is -1.24. The van der Waals surface area contributed by atoms with Gasteiger partial charge in [-0.2, -0.15) is 0 Å². The summed E-state index contributed by atoms with van der Waals surface area (Å²) in [7, 11) is 2.87. The van der Waals surface area contributed by atoms with Crippen LogP contribution in [0.25, 0.3) is 22.4 Å². The smallest absolute Gasteiger partial charge is 0.332 e. The molecule has 0 amide bonds. The van der Waals surface area contributed by atoms with Crippen molar-refractivity contribution in [3.05, 3.63) is 51.2 Å². The van der Waals surface area contributed by atoms with Crippen molar-refractivity contribution in [3.63, 3.8) is 0 Å². The molecule has 0 aliphatic rings. The van der Waals surface area contributed by atoms with Crippen LogP contribution in [-0.4, -0.2) is 30.3 Å². The topological polar surface area (TPSA) is 110 Å². The van der Waals surface area contributed by atoms with Gasteiger partial charge in [-0.25, -0.2) is 14.8 Å². The highest BCUT2D eigenvalue weighted by molar-refractivity contribution is 8.00. The Labute approximate surface area is 158 Å². The van der Waals surface area contributed by atoms with Gasteiger partial charge >= 0.3 is 5.69 Å². The first kappa shape index (κ1) is 18.8. The number of carbonyl (C=O) groups excluding carboxylic acids is 1. The molecule has 3 rings (SSSR count). The summed E-state index contributed by atoms with van der Waals surface area (Å²) in [4.78, 5) is 45.2. The van der Waals surface area contributed by atoms with Gasteiger partial charge in [0.1, 0.15) is 10.4 Å². The molecule has 2 aromatic heterocycles. The highest BCUT2D eigenvalue weighted by Crippen LogP contribution is 2.29. The molecule has 2 heterocycles. The van der Waals surface area contributed by atoms with Crippen LogP contribution < -0.4 is 16.4 Å². The van der Waals surface area contributed by atoms with E-state index in [-0.39, 0.29) is 16.1 Å². The molecule has 1 atom stereocenters. The fraction of sp³-hybridized carbons (Fsp3) is 0.278. The number of thioether (sulfide) groups is 1. The molecule has 0 unspecified atom stereocenters. The maximum atomic E-state index is 12.7. The van der Waals surface area contributed by atoms with E-state index in [1.54, 1.807) is 19.1 Å². The Balaban J connectivity index is 2.38. The first-order valence-corrected chi connectivity index (χ1v) is 9.13. The molecule has 0 spiro atoms. The lowest BCUT2D eigenvalue weighted by molar-refractivity contribution is -0.304. The molecule has 8 nitrogen and oxygen atoms in total. The van der Waals surface area contributed by atoms with Gasteiger partial charge in [-0.15, -0.1) is 0 Å². The number of hydrogen-bond acceptors (Lipinski definition) is 7. The largest absolute Gasteiger partial charge is 0.549 e. The van der Waals surface area contributed by atoms with Crippen LogP contribution in [0.3, 0.4) is 0 Å². The van der Waals surface area contributed by atoms with Gasteiger partial charge in [0, 0.05) is 19.7 Å². The summed E-state index contributed by atoms with van der Waals surface area (Å²) in [6.07, 6.45) is 0.297.